The molecule has 2 aromatic heterocycles. The number of likely N-dealkylation sites (tertiary alicyclic amines) is 1. The van der Waals surface area contributed by atoms with Crippen molar-refractivity contribution in [3.63, 3.8) is 0 Å². The van der Waals surface area contributed by atoms with Crippen LogP contribution in [0.3, 0.4) is 0 Å². The molecule has 8 heteroatoms. The van der Waals surface area contributed by atoms with Crippen LogP contribution in [0.1, 0.15) is 48.2 Å². The number of benzene rings is 2. The topological polar surface area (TPSA) is 110 Å². The van der Waals surface area contributed by atoms with Gasteiger partial charge in [0.1, 0.15) is 17.3 Å². The summed E-state index contributed by atoms with van der Waals surface area (Å²) in [4.78, 5) is 49.5. The van der Waals surface area contributed by atoms with E-state index in [4.69, 9.17) is 0 Å². The number of aromatic nitrogens is 2. The lowest BCUT2D eigenvalue weighted by molar-refractivity contribution is -0.139. The number of rotatable bonds is 5. The first-order valence-electron chi connectivity index (χ1n) is 12.7. The number of carbonyl (C=O) groups is 3. The van der Waals surface area contributed by atoms with Gasteiger partial charge in [0.15, 0.2) is 0 Å². The largest absolute Gasteiger partial charge is 0.352 e. The Bertz CT molecular complexity index is 1480. The molecule has 2 bridgehead atoms. The van der Waals surface area contributed by atoms with Crippen molar-refractivity contribution in [2.75, 3.05) is 13.1 Å². The Hall–Kier alpha value is -3.91. The lowest BCUT2D eigenvalue weighted by atomic mass is 9.83. The van der Waals surface area contributed by atoms with E-state index >= 15 is 0 Å². The van der Waals surface area contributed by atoms with Crippen LogP contribution in [0.25, 0.3) is 21.8 Å². The summed E-state index contributed by atoms with van der Waals surface area (Å²) in [5.74, 6) is -0.674. The van der Waals surface area contributed by atoms with Crippen molar-refractivity contribution >= 4 is 39.4 Å². The van der Waals surface area contributed by atoms with Gasteiger partial charge in [-0.25, -0.2) is 0 Å². The Morgan fingerprint density at radius 2 is 1.54 bits per heavy atom. The molecule has 2 saturated heterocycles. The summed E-state index contributed by atoms with van der Waals surface area (Å²) in [6.45, 7) is 6.61. The summed E-state index contributed by atoms with van der Waals surface area (Å²) in [5.41, 5.74) is 1.09. The zero-order chi connectivity index (χ0) is 25.9. The van der Waals surface area contributed by atoms with Crippen LogP contribution in [0.2, 0.25) is 0 Å². The van der Waals surface area contributed by atoms with Crippen molar-refractivity contribution in [1.82, 2.24) is 25.5 Å². The van der Waals surface area contributed by atoms with E-state index in [0.717, 1.165) is 21.8 Å². The fraction of sp³-hybridized carbons (Fsp3) is 0.345. The molecular formula is C29H31N5O3. The van der Waals surface area contributed by atoms with Gasteiger partial charge < -0.3 is 25.5 Å². The van der Waals surface area contributed by atoms with Crippen LogP contribution in [-0.2, 0) is 4.79 Å². The van der Waals surface area contributed by atoms with Gasteiger partial charge in [0, 0.05) is 40.9 Å². The zero-order valence-corrected chi connectivity index (χ0v) is 21.2. The van der Waals surface area contributed by atoms with E-state index in [1.54, 1.807) is 11.0 Å². The number of ketones is 1. The summed E-state index contributed by atoms with van der Waals surface area (Å²) in [5, 5.41) is 8.28. The van der Waals surface area contributed by atoms with E-state index in [1.807, 2.05) is 75.4 Å². The van der Waals surface area contributed by atoms with Gasteiger partial charge in [0.25, 0.3) is 5.91 Å². The quantitative estimate of drug-likeness (QED) is 0.316. The third-order valence-electron chi connectivity index (χ3n) is 7.81. The molecule has 190 valence electrons. The average molecular weight is 498 g/mol. The molecule has 4 heterocycles. The van der Waals surface area contributed by atoms with Crippen molar-refractivity contribution in [2.45, 2.75) is 44.8 Å². The Balaban J connectivity index is 1.30. The lowest BCUT2D eigenvalue weighted by Gasteiger charge is -2.42. The van der Waals surface area contributed by atoms with Crippen LogP contribution in [0, 0.1) is 5.41 Å². The summed E-state index contributed by atoms with van der Waals surface area (Å²) in [6.07, 6.45) is 0.555. The average Bonchev–Trinajstić information content (AvgIpc) is 3.66. The monoisotopic (exact) mass is 497 g/mol. The van der Waals surface area contributed by atoms with E-state index in [9.17, 15) is 14.4 Å². The minimum atomic E-state index is -0.988. The van der Waals surface area contributed by atoms with E-state index in [0.29, 0.717) is 30.9 Å². The van der Waals surface area contributed by atoms with E-state index < -0.39 is 17.0 Å². The predicted octanol–water partition coefficient (Wildman–Crippen LogP) is 3.62. The maximum Gasteiger partial charge on any atom is 0.268 e. The molecular weight excluding hydrogens is 466 g/mol. The molecule has 2 fully saturated rings. The van der Waals surface area contributed by atoms with Gasteiger partial charge in [-0.3, -0.25) is 14.4 Å². The summed E-state index contributed by atoms with van der Waals surface area (Å²) >= 11 is 0. The highest BCUT2D eigenvalue weighted by molar-refractivity contribution is 6.08. The molecule has 2 aromatic carbocycles. The molecule has 6 rings (SSSR count). The second kappa shape index (κ2) is 8.31. The zero-order valence-electron chi connectivity index (χ0n) is 21.2. The van der Waals surface area contributed by atoms with Gasteiger partial charge in [-0.15, -0.1) is 0 Å². The van der Waals surface area contributed by atoms with Crippen molar-refractivity contribution in [3.8, 4) is 0 Å². The van der Waals surface area contributed by atoms with Gasteiger partial charge in [0.2, 0.25) is 11.7 Å². The first-order valence-corrected chi connectivity index (χ1v) is 12.7. The van der Waals surface area contributed by atoms with Crippen LogP contribution in [0.5, 0.6) is 0 Å². The number of nitrogens with zero attached hydrogens (tertiary/aromatic N) is 1. The fourth-order valence-corrected chi connectivity index (χ4v) is 5.85. The molecule has 8 nitrogen and oxygen atoms in total. The number of fused-ring (bicyclic) bond motifs is 4. The summed E-state index contributed by atoms with van der Waals surface area (Å²) < 4.78 is 0. The maximum atomic E-state index is 14.1. The van der Waals surface area contributed by atoms with Gasteiger partial charge in [-0.05, 0) is 36.1 Å². The summed E-state index contributed by atoms with van der Waals surface area (Å²) in [7, 11) is 0. The van der Waals surface area contributed by atoms with Crippen molar-refractivity contribution in [2.24, 2.45) is 5.41 Å². The Morgan fingerprint density at radius 1 is 0.946 bits per heavy atom. The molecule has 2 aliphatic rings. The third kappa shape index (κ3) is 3.83. The Labute approximate surface area is 214 Å². The Morgan fingerprint density at radius 3 is 2.14 bits per heavy atom. The van der Waals surface area contributed by atoms with E-state index in [1.165, 1.54) is 0 Å². The standard InChI is InChI=1S/C29H31N5O3/c1-28(2,3)24(33-26(36)23-13-18-9-5-7-11-21(18)32-23)27(37)34-15-19-14-29(34,16-30-19)25(35)22-12-17-8-4-6-10-20(17)31-22/h4-13,19,24,30-32H,14-16H2,1-3H3,(H,33,36)/t19-,24+,29-/m0/s1. The molecule has 37 heavy (non-hydrogen) atoms. The highest BCUT2D eigenvalue weighted by atomic mass is 16.2. The number of para-hydroxylation sites is 2. The smallest absolute Gasteiger partial charge is 0.268 e. The van der Waals surface area contributed by atoms with Crippen LogP contribution in [0.15, 0.2) is 60.7 Å². The van der Waals surface area contributed by atoms with Crippen LogP contribution >= 0.6 is 0 Å². The predicted molar refractivity (Wildman–Crippen MR) is 142 cm³/mol. The number of piperazine rings is 1. The number of hydrogen-bond acceptors (Lipinski definition) is 4. The number of H-pyrrole nitrogens is 2. The first-order chi connectivity index (χ1) is 17.7. The molecule has 2 aliphatic heterocycles. The van der Waals surface area contributed by atoms with Crippen LogP contribution in [0.4, 0.5) is 0 Å². The molecule has 3 atom stereocenters. The molecule has 0 unspecified atom stereocenters. The maximum absolute atomic E-state index is 14.1. The molecule has 2 amide bonds. The highest BCUT2D eigenvalue weighted by Gasteiger charge is 2.59. The molecule has 0 aliphatic carbocycles. The molecule has 4 aromatic rings. The second-order valence-electron chi connectivity index (χ2n) is 11.4. The van der Waals surface area contributed by atoms with Crippen molar-refractivity contribution in [1.29, 1.82) is 0 Å². The number of Topliss-reactive ketones (excluding diaryl/α,β-unsaturated/α-hetero) is 1. The van der Waals surface area contributed by atoms with Crippen molar-refractivity contribution < 1.29 is 14.4 Å². The lowest BCUT2D eigenvalue weighted by Crippen LogP contribution is -2.65. The number of aromatic amines is 2. The van der Waals surface area contributed by atoms with Crippen molar-refractivity contribution in [3.05, 3.63) is 72.1 Å². The SMILES string of the molecule is CC(C)(C)[C@H](NC(=O)c1cc2ccccc2[nH]1)C(=O)N1C[C@@H]2C[C@@]1(C(=O)c1cc3ccccc3[nH]1)CN2. The molecule has 0 radical (unpaired) electrons. The number of amides is 2. The highest BCUT2D eigenvalue weighted by Crippen LogP contribution is 2.39. The fourth-order valence-electron chi connectivity index (χ4n) is 5.85. The minimum Gasteiger partial charge on any atom is -0.352 e. The van der Waals surface area contributed by atoms with Crippen LogP contribution in [-0.4, -0.2) is 63.2 Å². The Kier molecular flexibility index (Phi) is 5.28. The van der Waals surface area contributed by atoms with Gasteiger partial charge in [0.05, 0.1) is 5.69 Å². The van der Waals surface area contributed by atoms with E-state index in [-0.39, 0.29) is 23.6 Å². The number of hydrogen-bond donors (Lipinski definition) is 4. The van der Waals surface area contributed by atoms with Gasteiger partial charge in [-0.1, -0.05) is 57.2 Å². The van der Waals surface area contributed by atoms with Gasteiger partial charge >= 0.3 is 0 Å². The third-order valence-corrected chi connectivity index (χ3v) is 7.81. The number of carbonyl (C=O) groups excluding carboxylic acids is 3. The minimum absolute atomic E-state index is 0.0438. The first kappa shape index (κ1) is 23.5. The van der Waals surface area contributed by atoms with Gasteiger partial charge in [-0.2, -0.15) is 0 Å². The van der Waals surface area contributed by atoms with Crippen LogP contribution < -0.4 is 10.6 Å². The normalized spacial score (nSPS) is 22.0. The molecule has 4 N–H and O–H groups in total. The molecule has 0 saturated carbocycles. The molecule has 0 spiro atoms. The van der Waals surface area contributed by atoms with E-state index in [2.05, 4.69) is 20.6 Å². The number of nitrogens with one attached hydrogen (secondary N) is 4. The summed E-state index contributed by atoms with van der Waals surface area (Å²) in [6, 6.07) is 18.3. The second-order valence-corrected chi connectivity index (χ2v) is 11.4.